The molecule has 2 heterocycles. The van der Waals surface area contributed by atoms with Crippen molar-refractivity contribution in [3.63, 3.8) is 0 Å². The molecular formula is C14H13N3O2S2. The zero-order valence-corrected chi connectivity index (χ0v) is 13.0. The van der Waals surface area contributed by atoms with Crippen LogP contribution in [0.5, 0.6) is 0 Å². The Bertz CT molecular complexity index is 712. The highest BCUT2D eigenvalue weighted by Gasteiger charge is 2.17. The molecule has 0 saturated carbocycles. The van der Waals surface area contributed by atoms with E-state index in [0.29, 0.717) is 24.2 Å². The molecule has 1 aromatic carbocycles. The molecule has 21 heavy (non-hydrogen) atoms. The lowest BCUT2D eigenvalue weighted by atomic mass is 9.99. The molecule has 1 aromatic heterocycles. The van der Waals surface area contributed by atoms with Gasteiger partial charge in [0.2, 0.25) is 5.91 Å². The number of nitrogens with one attached hydrogen (secondary N) is 1. The van der Waals surface area contributed by atoms with Crippen LogP contribution in [0.25, 0.3) is 0 Å². The largest absolute Gasteiger partial charge is 0.326 e. The second kappa shape index (κ2) is 5.95. The van der Waals surface area contributed by atoms with Crippen molar-refractivity contribution in [3.05, 3.63) is 34.3 Å². The summed E-state index contributed by atoms with van der Waals surface area (Å²) in [5.74, 6) is 0.441. The highest BCUT2D eigenvalue weighted by molar-refractivity contribution is 8.01. The van der Waals surface area contributed by atoms with E-state index in [-0.39, 0.29) is 11.7 Å². The Morgan fingerprint density at radius 3 is 3.00 bits per heavy atom. The normalized spacial score (nSPS) is 13.7. The van der Waals surface area contributed by atoms with Crippen LogP contribution < -0.4 is 5.32 Å². The zero-order valence-electron chi connectivity index (χ0n) is 11.4. The van der Waals surface area contributed by atoms with E-state index in [2.05, 4.69) is 15.5 Å². The molecule has 0 atom stereocenters. The van der Waals surface area contributed by atoms with E-state index < -0.39 is 0 Å². The molecule has 1 N–H and O–H groups in total. The van der Waals surface area contributed by atoms with Crippen molar-refractivity contribution in [1.82, 2.24) is 10.2 Å². The number of ketones is 1. The van der Waals surface area contributed by atoms with Gasteiger partial charge in [-0.2, -0.15) is 0 Å². The van der Waals surface area contributed by atoms with E-state index in [1.165, 1.54) is 23.1 Å². The summed E-state index contributed by atoms with van der Waals surface area (Å²) in [5, 5.41) is 11.6. The number of rotatable bonds is 4. The second-order valence-corrected chi connectivity index (χ2v) is 7.12. The Morgan fingerprint density at radius 2 is 2.24 bits per heavy atom. The number of aromatic nitrogens is 2. The monoisotopic (exact) mass is 319 g/mol. The van der Waals surface area contributed by atoms with Gasteiger partial charge in [0.25, 0.3) is 0 Å². The number of nitrogens with zero attached hydrogens (tertiary/aromatic N) is 2. The smallest absolute Gasteiger partial charge is 0.224 e. The molecule has 1 aliphatic heterocycles. The molecule has 0 radical (unpaired) electrons. The fourth-order valence-electron chi connectivity index (χ4n) is 2.10. The number of carbonyl (C=O) groups excluding carboxylic acids is 2. The second-order valence-electron chi connectivity index (χ2n) is 4.72. The number of hydrogen-bond acceptors (Lipinski definition) is 6. The van der Waals surface area contributed by atoms with Gasteiger partial charge in [0.05, 0.1) is 5.75 Å². The van der Waals surface area contributed by atoms with Gasteiger partial charge in [0, 0.05) is 17.7 Å². The summed E-state index contributed by atoms with van der Waals surface area (Å²) < 4.78 is 0.811. The first-order valence-electron chi connectivity index (χ1n) is 6.51. The van der Waals surface area contributed by atoms with Crippen LogP contribution in [-0.2, 0) is 11.2 Å². The zero-order chi connectivity index (χ0) is 14.8. The third-order valence-corrected chi connectivity index (χ3v) is 5.13. The third kappa shape index (κ3) is 3.30. The topological polar surface area (TPSA) is 72.0 Å². The molecule has 0 saturated heterocycles. The molecule has 0 spiro atoms. The SMILES string of the molecule is Cc1nnc(SCC(=O)c2ccc3c(c2)CCC(=O)N3)s1. The molecule has 0 unspecified atom stereocenters. The van der Waals surface area contributed by atoms with Crippen molar-refractivity contribution in [3.8, 4) is 0 Å². The van der Waals surface area contributed by atoms with Crippen LogP contribution in [0.1, 0.15) is 27.3 Å². The van der Waals surface area contributed by atoms with E-state index in [1.54, 1.807) is 12.1 Å². The number of hydrogen-bond donors (Lipinski definition) is 1. The first-order chi connectivity index (χ1) is 10.1. The first-order valence-corrected chi connectivity index (χ1v) is 8.31. The molecule has 1 amide bonds. The highest BCUT2D eigenvalue weighted by atomic mass is 32.2. The van der Waals surface area contributed by atoms with Crippen LogP contribution in [0.2, 0.25) is 0 Å². The maximum absolute atomic E-state index is 12.2. The van der Waals surface area contributed by atoms with E-state index in [1.807, 2.05) is 13.0 Å². The molecule has 1 aliphatic rings. The van der Waals surface area contributed by atoms with E-state index >= 15 is 0 Å². The summed E-state index contributed by atoms with van der Waals surface area (Å²) in [4.78, 5) is 23.5. The van der Waals surface area contributed by atoms with Gasteiger partial charge in [0.15, 0.2) is 10.1 Å². The molecule has 5 nitrogen and oxygen atoms in total. The molecule has 0 bridgehead atoms. The number of fused-ring (bicyclic) bond motifs is 1. The number of aryl methyl sites for hydroxylation is 2. The van der Waals surface area contributed by atoms with Crippen LogP contribution in [0.15, 0.2) is 22.5 Å². The van der Waals surface area contributed by atoms with E-state index in [9.17, 15) is 9.59 Å². The quantitative estimate of drug-likeness (QED) is 0.693. The number of amides is 1. The maximum atomic E-state index is 12.2. The molecule has 0 fully saturated rings. The Kier molecular flexibility index (Phi) is 4.03. The van der Waals surface area contributed by atoms with Crippen LogP contribution in [0.4, 0.5) is 5.69 Å². The lowest BCUT2D eigenvalue weighted by Crippen LogP contribution is -2.19. The Balaban J connectivity index is 1.69. The van der Waals surface area contributed by atoms with Crippen molar-refractivity contribution in [2.75, 3.05) is 11.1 Å². The maximum Gasteiger partial charge on any atom is 0.224 e. The fraction of sp³-hybridized carbons (Fsp3) is 0.286. The molecule has 0 aliphatic carbocycles. The highest BCUT2D eigenvalue weighted by Crippen LogP contribution is 2.26. The van der Waals surface area contributed by atoms with Gasteiger partial charge in [-0.05, 0) is 37.1 Å². The van der Waals surface area contributed by atoms with Crippen LogP contribution in [0.3, 0.4) is 0 Å². The lowest BCUT2D eigenvalue weighted by Gasteiger charge is -2.17. The minimum atomic E-state index is 0.0313. The van der Waals surface area contributed by atoms with Gasteiger partial charge in [-0.3, -0.25) is 9.59 Å². The Labute approximate surface area is 130 Å². The predicted octanol–water partition coefficient (Wildman–Crippen LogP) is 2.71. The van der Waals surface area contributed by atoms with Crippen molar-refractivity contribution < 1.29 is 9.59 Å². The van der Waals surface area contributed by atoms with Gasteiger partial charge < -0.3 is 5.32 Å². The Hall–Kier alpha value is -1.73. The van der Waals surface area contributed by atoms with E-state index in [0.717, 1.165) is 20.6 Å². The number of Topliss-reactive ketones (excluding diaryl/α,β-unsaturated/α-hetero) is 1. The van der Waals surface area contributed by atoms with Gasteiger partial charge >= 0.3 is 0 Å². The molecule has 7 heteroatoms. The third-order valence-electron chi connectivity index (χ3n) is 3.16. The standard InChI is InChI=1S/C14H13N3O2S2/c1-8-16-17-14(21-8)20-7-12(18)10-2-4-11-9(6-10)3-5-13(19)15-11/h2,4,6H,3,5,7H2,1H3,(H,15,19). The summed E-state index contributed by atoms with van der Waals surface area (Å²) in [6, 6.07) is 5.45. The van der Waals surface area contributed by atoms with Crippen LogP contribution in [-0.4, -0.2) is 27.6 Å². The Morgan fingerprint density at radius 1 is 1.38 bits per heavy atom. The number of carbonyl (C=O) groups is 2. The minimum Gasteiger partial charge on any atom is -0.326 e. The molecule has 3 rings (SSSR count). The van der Waals surface area contributed by atoms with Crippen LogP contribution in [0, 0.1) is 6.92 Å². The molecule has 2 aromatic rings. The van der Waals surface area contributed by atoms with Crippen molar-refractivity contribution >= 4 is 40.5 Å². The number of thioether (sulfide) groups is 1. The number of anilines is 1. The van der Waals surface area contributed by atoms with Gasteiger partial charge in [-0.1, -0.05) is 23.1 Å². The predicted molar refractivity (Wildman–Crippen MR) is 83.1 cm³/mol. The van der Waals surface area contributed by atoms with Crippen molar-refractivity contribution in [2.45, 2.75) is 24.1 Å². The summed E-state index contributed by atoms with van der Waals surface area (Å²) in [5.41, 5.74) is 2.52. The summed E-state index contributed by atoms with van der Waals surface area (Å²) in [7, 11) is 0. The molecule has 108 valence electrons. The summed E-state index contributed by atoms with van der Waals surface area (Å²) >= 11 is 2.90. The summed E-state index contributed by atoms with van der Waals surface area (Å²) in [6.07, 6.45) is 1.16. The van der Waals surface area contributed by atoms with Crippen LogP contribution >= 0.6 is 23.1 Å². The van der Waals surface area contributed by atoms with Gasteiger partial charge in [-0.25, -0.2) is 0 Å². The number of benzene rings is 1. The van der Waals surface area contributed by atoms with Gasteiger partial charge in [-0.15, -0.1) is 10.2 Å². The van der Waals surface area contributed by atoms with Crippen molar-refractivity contribution in [2.24, 2.45) is 0 Å². The lowest BCUT2D eigenvalue weighted by molar-refractivity contribution is -0.116. The van der Waals surface area contributed by atoms with Crippen molar-refractivity contribution in [1.29, 1.82) is 0 Å². The average Bonchev–Trinajstić information content (AvgIpc) is 2.90. The summed E-state index contributed by atoms with van der Waals surface area (Å²) in [6.45, 7) is 1.89. The van der Waals surface area contributed by atoms with Gasteiger partial charge in [0.1, 0.15) is 5.01 Å². The first kappa shape index (κ1) is 14.2. The molecular weight excluding hydrogens is 306 g/mol. The fourth-order valence-corrected chi connectivity index (χ4v) is 3.81. The minimum absolute atomic E-state index is 0.0313. The average molecular weight is 319 g/mol. The van der Waals surface area contributed by atoms with E-state index in [4.69, 9.17) is 0 Å².